The number of nitrogens with one attached hydrogen (secondary N) is 1. The van der Waals surface area contributed by atoms with Crippen molar-refractivity contribution in [2.75, 3.05) is 0 Å². The largest absolute Gasteiger partial charge is 0.340 e. The van der Waals surface area contributed by atoms with Crippen LogP contribution in [0.1, 0.15) is 30.3 Å². The third-order valence-corrected chi connectivity index (χ3v) is 1.98. The smallest absolute Gasteiger partial charge is 0.272 e. The molecule has 15 heavy (non-hydrogen) atoms. The molecule has 0 bridgehead atoms. The molecule has 80 valence electrons. The highest BCUT2D eigenvalue weighted by Crippen LogP contribution is 1.99. The quantitative estimate of drug-likeness (QED) is 0.793. The first-order valence-corrected chi connectivity index (χ1v) is 4.85. The minimum atomic E-state index is -0.426. The zero-order valence-corrected chi connectivity index (χ0v) is 8.90. The first kappa shape index (κ1) is 11.2. The molecule has 1 rings (SSSR count). The van der Waals surface area contributed by atoms with Gasteiger partial charge in [0.15, 0.2) is 0 Å². The van der Waals surface area contributed by atoms with Crippen molar-refractivity contribution in [3.63, 3.8) is 0 Å². The molecule has 0 fully saturated rings. The number of nitriles is 1. The molecule has 0 aliphatic heterocycles. The lowest BCUT2D eigenvalue weighted by molar-refractivity contribution is 0.0939. The molecule has 1 aromatic heterocycles. The summed E-state index contributed by atoms with van der Waals surface area (Å²) in [7, 11) is 1.79. The topological polar surface area (TPSA) is 70.7 Å². The number of imidazole rings is 1. The molecule has 0 spiro atoms. The lowest BCUT2D eigenvalue weighted by Gasteiger charge is -2.08. The highest BCUT2D eigenvalue weighted by molar-refractivity contribution is 5.92. The second-order valence-electron chi connectivity index (χ2n) is 3.37. The van der Waals surface area contributed by atoms with Crippen LogP contribution in [0.25, 0.3) is 0 Å². The van der Waals surface area contributed by atoms with Gasteiger partial charge in [-0.2, -0.15) is 5.26 Å². The van der Waals surface area contributed by atoms with E-state index in [1.54, 1.807) is 24.1 Å². The van der Waals surface area contributed by atoms with Gasteiger partial charge in [0.25, 0.3) is 5.91 Å². The van der Waals surface area contributed by atoms with E-state index in [9.17, 15) is 4.79 Å². The van der Waals surface area contributed by atoms with Crippen molar-refractivity contribution in [2.45, 2.75) is 25.8 Å². The van der Waals surface area contributed by atoms with Gasteiger partial charge < -0.3 is 9.88 Å². The minimum absolute atomic E-state index is 0.296. The van der Waals surface area contributed by atoms with Crippen LogP contribution in [-0.4, -0.2) is 21.5 Å². The lowest BCUT2D eigenvalue weighted by Crippen LogP contribution is -2.33. The number of carbonyl (C=O) groups is 1. The Hall–Kier alpha value is -1.83. The summed E-state index contributed by atoms with van der Waals surface area (Å²) in [4.78, 5) is 15.5. The number of rotatable bonds is 4. The first-order chi connectivity index (χ1) is 7.17. The molecular formula is C10H14N4O. The number of hydrogen-bond donors (Lipinski definition) is 1. The van der Waals surface area contributed by atoms with Crippen LogP contribution in [0.15, 0.2) is 12.5 Å². The predicted molar refractivity (Wildman–Crippen MR) is 55.0 cm³/mol. The standard InChI is InChI=1S/C10H14N4O/c1-3-4-8(5-11)13-10(15)9-6-14(2)7-12-9/h6-8H,3-4H2,1-2H3,(H,13,15). The second kappa shape index (κ2) is 5.15. The van der Waals surface area contributed by atoms with Crippen molar-refractivity contribution < 1.29 is 4.79 Å². The van der Waals surface area contributed by atoms with E-state index in [2.05, 4.69) is 10.3 Å². The van der Waals surface area contributed by atoms with Gasteiger partial charge in [0, 0.05) is 13.2 Å². The summed E-state index contributed by atoms with van der Waals surface area (Å²) in [6, 6.07) is 1.62. The number of aromatic nitrogens is 2. The van der Waals surface area contributed by atoms with Crippen LogP contribution in [0.3, 0.4) is 0 Å². The molecule has 1 unspecified atom stereocenters. The number of hydrogen-bond acceptors (Lipinski definition) is 3. The Balaban J connectivity index is 2.59. The molecule has 0 saturated heterocycles. The summed E-state index contributed by atoms with van der Waals surface area (Å²) in [5.74, 6) is -0.296. The van der Waals surface area contributed by atoms with Crippen LogP contribution in [0.5, 0.6) is 0 Å². The Morgan fingerprint density at radius 2 is 2.53 bits per heavy atom. The van der Waals surface area contributed by atoms with E-state index in [0.717, 1.165) is 6.42 Å². The van der Waals surface area contributed by atoms with E-state index < -0.39 is 6.04 Å². The fraction of sp³-hybridized carbons (Fsp3) is 0.500. The molecule has 5 nitrogen and oxygen atoms in total. The van der Waals surface area contributed by atoms with Crippen molar-refractivity contribution in [2.24, 2.45) is 7.05 Å². The molecule has 1 aromatic rings. The molecular weight excluding hydrogens is 192 g/mol. The average Bonchev–Trinajstić information content (AvgIpc) is 2.64. The monoisotopic (exact) mass is 206 g/mol. The molecule has 0 aromatic carbocycles. The summed E-state index contributed by atoms with van der Waals surface area (Å²) in [5, 5.41) is 11.4. The second-order valence-corrected chi connectivity index (χ2v) is 3.37. The van der Waals surface area contributed by atoms with E-state index in [1.165, 1.54) is 0 Å². The van der Waals surface area contributed by atoms with Crippen LogP contribution >= 0.6 is 0 Å². The summed E-state index contributed by atoms with van der Waals surface area (Å²) in [6.45, 7) is 1.97. The SMILES string of the molecule is CCCC(C#N)NC(=O)c1cn(C)cn1. The molecule has 0 aliphatic rings. The Morgan fingerprint density at radius 3 is 3.00 bits per heavy atom. The number of amides is 1. The van der Waals surface area contributed by atoms with Crippen LogP contribution in [0.4, 0.5) is 0 Å². The molecule has 1 amide bonds. The fourth-order valence-corrected chi connectivity index (χ4v) is 1.22. The Kier molecular flexibility index (Phi) is 3.86. The third kappa shape index (κ3) is 3.09. The first-order valence-electron chi connectivity index (χ1n) is 4.85. The molecule has 1 atom stereocenters. The fourth-order valence-electron chi connectivity index (χ4n) is 1.22. The molecule has 0 saturated carbocycles. The van der Waals surface area contributed by atoms with Gasteiger partial charge in [0.05, 0.1) is 12.4 Å². The Labute approximate surface area is 88.7 Å². The van der Waals surface area contributed by atoms with Crippen LogP contribution in [-0.2, 0) is 7.05 Å². The van der Waals surface area contributed by atoms with Crippen molar-refractivity contribution in [3.8, 4) is 6.07 Å². The average molecular weight is 206 g/mol. The summed E-state index contributed by atoms with van der Waals surface area (Å²) in [5.41, 5.74) is 0.342. The zero-order valence-electron chi connectivity index (χ0n) is 8.90. The molecule has 0 aliphatic carbocycles. The number of aryl methyl sites for hydroxylation is 1. The Bertz CT molecular complexity index is 377. The maximum Gasteiger partial charge on any atom is 0.272 e. The normalized spacial score (nSPS) is 11.8. The molecule has 0 radical (unpaired) electrons. The van der Waals surface area contributed by atoms with Crippen LogP contribution < -0.4 is 5.32 Å². The lowest BCUT2D eigenvalue weighted by atomic mass is 10.2. The van der Waals surface area contributed by atoms with E-state index in [4.69, 9.17) is 5.26 Å². The van der Waals surface area contributed by atoms with Gasteiger partial charge >= 0.3 is 0 Å². The highest BCUT2D eigenvalue weighted by Gasteiger charge is 2.13. The highest BCUT2D eigenvalue weighted by atomic mass is 16.1. The van der Waals surface area contributed by atoms with Gasteiger partial charge in [-0.25, -0.2) is 4.98 Å². The van der Waals surface area contributed by atoms with Crippen molar-refractivity contribution in [1.82, 2.24) is 14.9 Å². The van der Waals surface area contributed by atoms with Crippen molar-refractivity contribution >= 4 is 5.91 Å². The maximum atomic E-state index is 11.6. The van der Waals surface area contributed by atoms with Gasteiger partial charge in [0.1, 0.15) is 11.7 Å². The summed E-state index contributed by atoms with van der Waals surface area (Å²) >= 11 is 0. The van der Waals surface area contributed by atoms with E-state index in [1.807, 2.05) is 13.0 Å². The predicted octanol–water partition coefficient (Wildman–Crippen LogP) is 0.842. The molecule has 5 heteroatoms. The number of carbonyl (C=O) groups excluding carboxylic acids is 1. The summed E-state index contributed by atoms with van der Waals surface area (Å²) < 4.78 is 1.69. The maximum absolute atomic E-state index is 11.6. The van der Waals surface area contributed by atoms with E-state index in [-0.39, 0.29) is 5.91 Å². The zero-order chi connectivity index (χ0) is 11.3. The van der Waals surface area contributed by atoms with Gasteiger partial charge in [-0.1, -0.05) is 13.3 Å². The van der Waals surface area contributed by atoms with Crippen molar-refractivity contribution in [3.05, 3.63) is 18.2 Å². The van der Waals surface area contributed by atoms with Crippen molar-refractivity contribution in [1.29, 1.82) is 5.26 Å². The van der Waals surface area contributed by atoms with Gasteiger partial charge in [-0.05, 0) is 6.42 Å². The Morgan fingerprint density at radius 1 is 1.80 bits per heavy atom. The van der Waals surface area contributed by atoms with Gasteiger partial charge in [-0.15, -0.1) is 0 Å². The molecule has 1 heterocycles. The van der Waals surface area contributed by atoms with Gasteiger partial charge in [-0.3, -0.25) is 4.79 Å². The summed E-state index contributed by atoms with van der Waals surface area (Å²) in [6.07, 6.45) is 4.70. The molecule has 1 N–H and O–H groups in total. The minimum Gasteiger partial charge on any atom is -0.340 e. The third-order valence-electron chi connectivity index (χ3n) is 1.98. The van der Waals surface area contributed by atoms with Crippen LogP contribution in [0, 0.1) is 11.3 Å². The van der Waals surface area contributed by atoms with Crippen LogP contribution in [0.2, 0.25) is 0 Å². The van der Waals surface area contributed by atoms with E-state index in [0.29, 0.717) is 12.1 Å². The number of nitrogens with zero attached hydrogens (tertiary/aromatic N) is 3. The van der Waals surface area contributed by atoms with E-state index >= 15 is 0 Å². The van der Waals surface area contributed by atoms with Gasteiger partial charge in [0.2, 0.25) is 0 Å².